The molecule has 0 aliphatic heterocycles. The van der Waals surface area contributed by atoms with E-state index in [0.717, 1.165) is 4.88 Å². The highest BCUT2D eigenvalue weighted by molar-refractivity contribution is 8.00. The Morgan fingerprint density at radius 3 is 2.68 bits per heavy atom. The van der Waals surface area contributed by atoms with Crippen LogP contribution < -0.4 is 5.32 Å². The zero-order valence-electron chi connectivity index (χ0n) is 15.6. The van der Waals surface area contributed by atoms with Crippen molar-refractivity contribution in [3.05, 3.63) is 77.2 Å². The number of aromatic nitrogens is 2. The lowest BCUT2D eigenvalue weighted by Gasteiger charge is -2.09. The summed E-state index contributed by atoms with van der Waals surface area (Å²) in [5.41, 5.74) is 2.57. The SMILES string of the molecule is C=Cc1c(/C(=C\C)C(=O)NCc2ccc(SC)s2)cnn1-c1ccc(F)cc1. The molecule has 7 heteroatoms. The topological polar surface area (TPSA) is 46.9 Å². The molecule has 2 aromatic heterocycles. The van der Waals surface area contributed by atoms with E-state index >= 15 is 0 Å². The molecule has 3 rings (SSSR count). The zero-order valence-corrected chi connectivity index (χ0v) is 17.2. The standard InChI is InChI=1S/C21H20FN3OS2/c1-4-17(21(26)23-12-16-10-11-20(27-3)28-16)18-13-24-25(19(18)5-2)15-8-6-14(22)7-9-15/h4-11,13H,2,12H2,1,3H3,(H,23,26)/b17-4+. The minimum absolute atomic E-state index is 0.177. The third kappa shape index (κ3) is 4.26. The van der Waals surface area contributed by atoms with Crippen LogP contribution in [-0.2, 0) is 11.3 Å². The van der Waals surface area contributed by atoms with E-state index in [1.54, 1.807) is 58.3 Å². The van der Waals surface area contributed by atoms with Crippen LogP contribution in [0, 0.1) is 5.82 Å². The van der Waals surface area contributed by atoms with E-state index in [4.69, 9.17) is 0 Å². The van der Waals surface area contributed by atoms with Crippen LogP contribution in [0.15, 0.2) is 59.5 Å². The van der Waals surface area contributed by atoms with Gasteiger partial charge in [-0.25, -0.2) is 9.07 Å². The molecule has 0 bridgehead atoms. The number of hydrogen-bond acceptors (Lipinski definition) is 4. The lowest BCUT2D eigenvalue weighted by molar-refractivity contribution is -0.115. The summed E-state index contributed by atoms with van der Waals surface area (Å²) in [4.78, 5) is 13.9. The number of nitrogens with zero attached hydrogens (tertiary/aromatic N) is 2. The molecule has 0 unspecified atom stereocenters. The summed E-state index contributed by atoms with van der Waals surface area (Å²) in [6.07, 6.45) is 7.07. The Morgan fingerprint density at radius 1 is 1.32 bits per heavy atom. The first-order chi connectivity index (χ1) is 13.6. The second-order valence-electron chi connectivity index (χ2n) is 5.85. The fourth-order valence-electron chi connectivity index (χ4n) is 2.78. The van der Waals surface area contributed by atoms with E-state index in [9.17, 15) is 9.18 Å². The molecule has 1 N–H and O–H groups in total. The van der Waals surface area contributed by atoms with Gasteiger partial charge in [0.05, 0.1) is 28.3 Å². The first-order valence-electron chi connectivity index (χ1n) is 8.61. The van der Waals surface area contributed by atoms with Crippen LogP contribution in [0.1, 0.15) is 23.1 Å². The van der Waals surface area contributed by atoms with Crippen molar-refractivity contribution in [1.29, 1.82) is 0 Å². The fourth-order valence-corrected chi connectivity index (χ4v) is 4.32. The second kappa shape index (κ2) is 9.03. The van der Waals surface area contributed by atoms with Crippen LogP contribution in [0.5, 0.6) is 0 Å². The predicted molar refractivity (Wildman–Crippen MR) is 115 cm³/mol. The van der Waals surface area contributed by atoms with Crippen LogP contribution in [0.2, 0.25) is 0 Å². The van der Waals surface area contributed by atoms with Crippen molar-refractivity contribution in [1.82, 2.24) is 15.1 Å². The first kappa shape index (κ1) is 20.1. The fraction of sp³-hybridized carbons (Fsp3) is 0.143. The van der Waals surface area contributed by atoms with Crippen LogP contribution in [0.4, 0.5) is 4.39 Å². The predicted octanol–water partition coefficient (Wildman–Crippen LogP) is 5.16. The molecule has 0 saturated heterocycles. The summed E-state index contributed by atoms with van der Waals surface area (Å²) < 4.78 is 16.1. The van der Waals surface area contributed by atoms with Crippen LogP contribution in [0.3, 0.4) is 0 Å². The monoisotopic (exact) mass is 413 g/mol. The number of hydrogen-bond donors (Lipinski definition) is 1. The molecule has 0 fully saturated rings. The average molecular weight is 414 g/mol. The highest BCUT2D eigenvalue weighted by atomic mass is 32.2. The molecule has 0 saturated carbocycles. The van der Waals surface area contributed by atoms with Crippen molar-refractivity contribution in [3.63, 3.8) is 0 Å². The van der Waals surface area contributed by atoms with E-state index in [0.29, 0.717) is 29.1 Å². The van der Waals surface area contributed by atoms with Gasteiger partial charge < -0.3 is 5.32 Å². The van der Waals surface area contributed by atoms with Gasteiger partial charge in [-0.2, -0.15) is 5.10 Å². The Balaban J connectivity index is 1.82. The molecule has 3 aromatic rings. The van der Waals surface area contributed by atoms with E-state index in [1.807, 2.05) is 19.2 Å². The summed E-state index contributed by atoms with van der Waals surface area (Å²) >= 11 is 3.35. The minimum Gasteiger partial charge on any atom is -0.347 e. The molecule has 144 valence electrons. The number of allylic oxidation sites excluding steroid dienone is 1. The van der Waals surface area contributed by atoms with E-state index in [1.165, 1.54) is 16.3 Å². The number of rotatable bonds is 7. The highest BCUT2D eigenvalue weighted by Gasteiger charge is 2.18. The van der Waals surface area contributed by atoms with Gasteiger partial charge in [-0.05, 0) is 55.7 Å². The van der Waals surface area contributed by atoms with Gasteiger partial charge in [0, 0.05) is 16.0 Å². The second-order valence-corrected chi connectivity index (χ2v) is 8.12. The molecule has 0 atom stereocenters. The lowest BCUT2D eigenvalue weighted by atomic mass is 10.1. The van der Waals surface area contributed by atoms with E-state index in [-0.39, 0.29) is 11.7 Å². The molecule has 0 aliphatic rings. The molecule has 0 radical (unpaired) electrons. The van der Waals surface area contributed by atoms with Crippen LogP contribution in [0.25, 0.3) is 17.3 Å². The number of thioether (sulfide) groups is 1. The summed E-state index contributed by atoms with van der Waals surface area (Å²) in [6, 6.07) is 10.1. The molecule has 1 amide bonds. The summed E-state index contributed by atoms with van der Waals surface area (Å²) in [5.74, 6) is -0.494. The third-order valence-electron chi connectivity index (χ3n) is 4.16. The quantitative estimate of drug-likeness (QED) is 0.430. The average Bonchev–Trinajstić information content (AvgIpc) is 3.34. The van der Waals surface area contributed by atoms with Gasteiger partial charge in [-0.15, -0.1) is 23.1 Å². The van der Waals surface area contributed by atoms with Gasteiger partial charge in [0.2, 0.25) is 0 Å². The zero-order chi connectivity index (χ0) is 20.1. The van der Waals surface area contributed by atoms with Gasteiger partial charge in [-0.1, -0.05) is 12.7 Å². The molecular weight excluding hydrogens is 393 g/mol. The molecule has 2 heterocycles. The Labute approximate surface area is 171 Å². The van der Waals surface area contributed by atoms with Crippen LogP contribution in [-0.4, -0.2) is 21.9 Å². The normalized spacial score (nSPS) is 11.5. The van der Waals surface area contributed by atoms with Crippen LogP contribution >= 0.6 is 23.1 Å². The maximum absolute atomic E-state index is 13.2. The van der Waals surface area contributed by atoms with Crippen molar-refractivity contribution in [2.24, 2.45) is 0 Å². The van der Waals surface area contributed by atoms with Crippen molar-refractivity contribution >= 4 is 40.7 Å². The van der Waals surface area contributed by atoms with Gasteiger partial charge in [-0.3, -0.25) is 4.79 Å². The van der Waals surface area contributed by atoms with Gasteiger partial charge in [0.25, 0.3) is 5.91 Å². The van der Waals surface area contributed by atoms with Gasteiger partial charge >= 0.3 is 0 Å². The number of amides is 1. The number of nitrogens with one attached hydrogen (secondary N) is 1. The number of halogens is 1. The number of thiophene rings is 1. The molecule has 4 nitrogen and oxygen atoms in total. The van der Waals surface area contributed by atoms with Crippen molar-refractivity contribution in [2.75, 3.05) is 6.26 Å². The summed E-state index contributed by atoms with van der Waals surface area (Å²) in [5, 5.41) is 7.34. The number of carbonyl (C=O) groups excluding carboxylic acids is 1. The largest absolute Gasteiger partial charge is 0.347 e. The lowest BCUT2D eigenvalue weighted by Crippen LogP contribution is -2.23. The summed E-state index contributed by atoms with van der Waals surface area (Å²) in [6.45, 7) is 6.14. The maximum Gasteiger partial charge on any atom is 0.251 e. The smallest absolute Gasteiger partial charge is 0.251 e. The highest BCUT2D eigenvalue weighted by Crippen LogP contribution is 2.26. The minimum atomic E-state index is -0.317. The molecule has 0 spiro atoms. The molecule has 1 aromatic carbocycles. The van der Waals surface area contributed by atoms with Crippen molar-refractivity contribution in [2.45, 2.75) is 17.7 Å². The van der Waals surface area contributed by atoms with Gasteiger partial charge in [0.15, 0.2) is 0 Å². The Morgan fingerprint density at radius 2 is 2.07 bits per heavy atom. The van der Waals surface area contributed by atoms with Crippen molar-refractivity contribution in [3.8, 4) is 5.69 Å². The van der Waals surface area contributed by atoms with Gasteiger partial charge in [0.1, 0.15) is 5.82 Å². The van der Waals surface area contributed by atoms with E-state index in [2.05, 4.69) is 23.1 Å². The Hall–Kier alpha value is -2.64. The van der Waals surface area contributed by atoms with Crippen molar-refractivity contribution < 1.29 is 9.18 Å². The first-order valence-corrected chi connectivity index (χ1v) is 10.7. The Kier molecular flexibility index (Phi) is 6.49. The molecule has 0 aliphatic carbocycles. The molecular formula is C21H20FN3OS2. The number of benzene rings is 1. The van der Waals surface area contributed by atoms with E-state index < -0.39 is 0 Å². The molecule has 28 heavy (non-hydrogen) atoms. The number of carbonyl (C=O) groups is 1. The Bertz CT molecular complexity index is 1020. The third-order valence-corrected chi connectivity index (χ3v) is 6.32. The summed E-state index contributed by atoms with van der Waals surface area (Å²) in [7, 11) is 0. The maximum atomic E-state index is 13.2.